The van der Waals surface area contributed by atoms with E-state index >= 15 is 0 Å². The summed E-state index contributed by atoms with van der Waals surface area (Å²) in [6.45, 7) is 5.93. The molecule has 4 nitrogen and oxygen atoms in total. The van der Waals surface area contributed by atoms with Gasteiger partial charge in [-0.25, -0.2) is 0 Å². The molecule has 2 aromatic carbocycles. The number of nitrogens with two attached hydrogens (primary N) is 1. The van der Waals surface area contributed by atoms with E-state index in [0.29, 0.717) is 11.3 Å². The number of carbonyl (C=O) groups is 1. The van der Waals surface area contributed by atoms with Crippen LogP contribution in [-0.4, -0.2) is 17.6 Å². The third-order valence-corrected chi connectivity index (χ3v) is 3.43. The lowest BCUT2D eigenvalue weighted by molar-refractivity contribution is 0.0967. The van der Waals surface area contributed by atoms with E-state index in [-0.39, 0.29) is 6.61 Å². The van der Waals surface area contributed by atoms with Gasteiger partial charge in [-0.1, -0.05) is 35.4 Å². The van der Waals surface area contributed by atoms with Gasteiger partial charge in [0.2, 0.25) is 0 Å². The summed E-state index contributed by atoms with van der Waals surface area (Å²) in [6, 6.07) is 11.1. The van der Waals surface area contributed by atoms with Crippen LogP contribution >= 0.6 is 0 Å². The summed E-state index contributed by atoms with van der Waals surface area (Å²) in [7, 11) is 0. The average molecular weight is 299 g/mol. The minimum atomic E-state index is -0.764. The number of hydrogen-bond donors (Lipinski definition) is 2. The lowest BCUT2D eigenvalue weighted by Crippen LogP contribution is -2.16. The van der Waals surface area contributed by atoms with Crippen molar-refractivity contribution in [3.63, 3.8) is 0 Å². The molecule has 1 unspecified atom stereocenters. The number of aliphatic hydroxyl groups excluding tert-OH is 1. The summed E-state index contributed by atoms with van der Waals surface area (Å²) >= 11 is 0. The second kappa shape index (κ2) is 6.62. The van der Waals surface area contributed by atoms with Crippen LogP contribution in [0.4, 0.5) is 0 Å². The van der Waals surface area contributed by atoms with Gasteiger partial charge in [-0.2, -0.15) is 0 Å². The highest BCUT2D eigenvalue weighted by atomic mass is 16.5. The van der Waals surface area contributed by atoms with Gasteiger partial charge in [0.15, 0.2) is 0 Å². The van der Waals surface area contributed by atoms with E-state index in [2.05, 4.69) is 0 Å². The summed E-state index contributed by atoms with van der Waals surface area (Å²) in [6.07, 6.45) is -0.764. The normalized spacial score (nSPS) is 12.0. The Hall–Kier alpha value is -2.33. The van der Waals surface area contributed by atoms with Gasteiger partial charge < -0.3 is 15.6 Å². The maximum Gasteiger partial charge on any atom is 0.252 e. The van der Waals surface area contributed by atoms with Gasteiger partial charge in [0.1, 0.15) is 18.5 Å². The number of rotatable bonds is 5. The zero-order chi connectivity index (χ0) is 16.3. The smallest absolute Gasteiger partial charge is 0.252 e. The molecule has 4 heteroatoms. The molecule has 22 heavy (non-hydrogen) atoms. The number of ether oxygens (including phenoxy) is 1. The van der Waals surface area contributed by atoms with Crippen molar-refractivity contribution in [1.29, 1.82) is 0 Å². The number of aryl methyl sites for hydroxylation is 3. The van der Waals surface area contributed by atoms with Crippen molar-refractivity contribution in [2.75, 3.05) is 6.61 Å². The Morgan fingerprint density at radius 2 is 1.73 bits per heavy atom. The standard InChI is InChI=1S/C18H21NO3/c1-11-4-5-15(18(19)21)17(9-11)22-10-16(20)14-7-12(2)6-13(3)8-14/h4-9,16,20H,10H2,1-3H3,(H2,19,21). The summed E-state index contributed by atoms with van der Waals surface area (Å²) in [5.41, 5.74) is 9.59. The minimum absolute atomic E-state index is 0.0621. The Kier molecular flexibility index (Phi) is 4.83. The summed E-state index contributed by atoms with van der Waals surface area (Å²) in [4.78, 5) is 11.4. The molecule has 0 bridgehead atoms. The molecule has 2 aromatic rings. The Labute approximate surface area is 130 Å². The highest BCUT2D eigenvalue weighted by Gasteiger charge is 2.13. The van der Waals surface area contributed by atoms with Crippen LogP contribution in [0.5, 0.6) is 5.75 Å². The first-order valence-corrected chi connectivity index (χ1v) is 7.16. The first-order valence-electron chi connectivity index (χ1n) is 7.16. The zero-order valence-electron chi connectivity index (χ0n) is 13.1. The van der Waals surface area contributed by atoms with Gasteiger partial charge in [0.25, 0.3) is 5.91 Å². The first-order chi connectivity index (χ1) is 10.4. The molecule has 0 aliphatic carbocycles. The zero-order valence-corrected chi connectivity index (χ0v) is 13.1. The Morgan fingerprint density at radius 3 is 2.32 bits per heavy atom. The topological polar surface area (TPSA) is 72.6 Å². The van der Waals surface area contributed by atoms with Crippen LogP contribution in [0.2, 0.25) is 0 Å². The molecule has 1 atom stereocenters. The molecule has 0 aliphatic rings. The van der Waals surface area contributed by atoms with Gasteiger partial charge in [-0.15, -0.1) is 0 Å². The van der Waals surface area contributed by atoms with Gasteiger partial charge in [-0.05, 0) is 44.0 Å². The Bertz CT molecular complexity index is 674. The molecule has 0 saturated carbocycles. The van der Waals surface area contributed by atoms with Gasteiger partial charge in [-0.3, -0.25) is 4.79 Å². The molecule has 0 saturated heterocycles. The van der Waals surface area contributed by atoms with Crippen LogP contribution in [0.1, 0.15) is 38.7 Å². The quantitative estimate of drug-likeness (QED) is 0.891. The SMILES string of the molecule is Cc1cc(C)cc(C(O)COc2cc(C)ccc2C(N)=O)c1. The number of hydrogen-bond acceptors (Lipinski definition) is 3. The molecule has 0 fully saturated rings. The van der Waals surface area contributed by atoms with Crippen molar-refractivity contribution >= 4 is 5.91 Å². The van der Waals surface area contributed by atoms with E-state index in [1.165, 1.54) is 0 Å². The summed E-state index contributed by atoms with van der Waals surface area (Å²) < 4.78 is 5.62. The predicted molar refractivity (Wildman–Crippen MR) is 86.1 cm³/mol. The molecule has 1 amide bonds. The predicted octanol–water partition coefficient (Wildman–Crippen LogP) is 2.82. The highest BCUT2D eigenvalue weighted by molar-refractivity contribution is 5.95. The number of primary amides is 1. The molecular formula is C18H21NO3. The number of benzene rings is 2. The fourth-order valence-corrected chi connectivity index (χ4v) is 2.42. The van der Waals surface area contributed by atoms with Crippen molar-refractivity contribution < 1.29 is 14.6 Å². The van der Waals surface area contributed by atoms with E-state index in [1.807, 2.05) is 39.0 Å². The highest BCUT2D eigenvalue weighted by Crippen LogP contribution is 2.23. The molecule has 0 aromatic heterocycles. The lowest BCUT2D eigenvalue weighted by Gasteiger charge is -2.16. The van der Waals surface area contributed by atoms with Crippen LogP contribution in [0.15, 0.2) is 36.4 Å². The Morgan fingerprint density at radius 1 is 1.09 bits per heavy atom. The second-order valence-corrected chi connectivity index (χ2v) is 5.61. The van der Waals surface area contributed by atoms with E-state index in [0.717, 1.165) is 22.3 Å². The van der Waals surface area contributed by atoms with Crippen molar-refractivity contribution in [3.8, 4) is 5.75 Å². The van der Waals surface area contributed by atoms with Crippen LogP contribution in [0.3, 0.4) is 0 Å². The number of amides is 1. The van der Waals surface area contributed by atoms with E-state index in [1.54, 1.807) is 18.2 Å². The van der Waals surface area contributed by atoms with Crippen molar-refractivity contribution in [3.05, 3.63) is 64.2 Å². The molecule has 0 heterocycles. The van der Waals surface area contributed by atoms with E-state index in [4.69, 9.17) is 10.5 Å². The monoisotopic (exact) mass is 299 g/mol. The number of aliphatic hydroxyl groups is 1. The van der Waals surface area contributed by atoms with Crippen molar-refractivity contribution in [1.82, 2.24) is 0 Å². The maximum absolute atomic E-state index is 11.4. The van der Waals surface area contributed by atoms with Gasteiger partial charge in [0.05, 0.1) is 5.56 Å². The second-order valence-electron chi connectivity index (χ2n) is 5.61. The van der Waals surface area contributed by atoms with Crippen LogP contribution in [-0.2, 0) is 0 Å². The van der Waals surface area contributed by atoms with Crippen LogP contribution in [0.25, 0.3) is 0 Å². The average Bonchev–Trinajstić information content (AvgIpc) is 2.43. The van der Waals surface area contributed by atoms with Crippen molar-refractivity contribution in [2.45, 2.75) is 26.9 Å². The first kappa shape index (κ1) is 16.0. The molecule has 116 valence electrons. The molecule has 0 spiro atoms. The molecule has 3 N–H and O–H groups in total. The molecule has 0 aliphatic heterocycles. The van der Waals surface area contributed by atoms with E-state index in [9.17, 15) is 9.90 Å². The largest absolute Gasteiger partial charge is 0.490 e. The fraction of sp³-hybridized carbons (Fsp3) is 0.278. The van der Waals surface area contributed by atoms with Crippen molar-refractivity contribution in [2.24, 2.45) is 5.73 Å². The third-order valence-electron chi connectivity index (χ3n) is 3.43. The minimum Gasteiger partial charge on any atom is -0.490 e. The molecule has 0 radical (unpaired) electrons. The lowest BCUT2D eigenvalue weighted by atomic mass is 10.0. The summed E-state index contributed by atoms with van der Waals surface area (Å²) in [5, 5.41) is 10.3. The van der Waals surface area contributed by atoms with Crippen LogP contribution in [0, 0.1) is 20.8 Å². The number of carbonyl (C=O) groups excluding carboxylic acids is 1. The molecular weight excluding hydrogens is 278 g/mol. The van der Waals surface area contributed by atoms with Gasteiger partial charge in [0, 0.05) is 0 Å². The molecule has 2 rings (SSSR count). The summed E-state index contributed by atoms with van der Waals surface area (Å²) in [5.74, 6) is -0.146. The maximum atomic E-state index is 11.4. The van der Waals surface area contributed by atoms with Gasteiger partial charge >= 0.3 is 0 Å². The Balaban J connectivity index is 2.15. The van der Waals surface area contributed by atoms with E-state index < -0.39 is 12.0 Å². The fourth-order valence-electron chi connectivity index (χ4n) is 2.42. The van der Waals surface area contributed by atoms with Crippen LogP contribution < -0.4 is 10.5 Å². The third kappa shape index (κ3) is 3.86.